The third-order valence-electron chi connectivity index (χ3n) is 4.30. The predicted octanol–water partition coefficient (Wildman–Crippen LogP) is 3.36. The Bertz CT molecular complexity index is 739. The van der Waals surface area contributed by atoms with Crippen LogP contribution in [0.5, 0.6) is 0 Å². The quantitative estimate of drug-likeness (QED) is 0.504. The molecule has 1 fully saturated rings. The zero-order chi connectivity index (χ0) is 20.8. The molecule has 1 aliphatic rings. The Balaban J connectivity index is 1.70. The lowest BCUT2D eigenvalue weighted by atomic mass is 9.99. The third-order valence-corrected chi connectivity index (χ3v) is 5.63. The average molecular weight is 414 g/mol. The van der Waals surface area contributed by atoms with E-state index in [2.05, 4.69) is 0 Å². The van der Waals surface area contributed by atoms with Gasteiger partial charge < -0.3 is 14.4 Å². The van der Waals surface area contributed by atoms with Crippen LogP contribution in [-0.4, -0.2) is 57.9 Å². The van der Waals surface area contributed by atoms with Crippen molar-refractivity contribution in [3.8, 4) is 0 Å². The molecule has 0 N–H and O–H groups in total. The van der Waals surface area contributed by atoms with Crippen LogP contribution >= 0.6 is 0 Å². The van der Waals surface area contributed by atoms with Crippen molar-refractivity contribution in [3.05, 3.63) is 29.8 Å². The first kappa shape index (κ1) is 22.6. The van der Waals surface area contributed by atoms with Gasteiger partial charge in [0.1, 0.15) is 5.60 Å². The number of nitrogens with zero attached hydrogens (tertiary/aromatic N) is 1. The zero-order valence-electron chi connectivity index (χ0n) is 17.1. The van der Waals surface area contributed by atoms with E-state index in [1.54, 1.807) is 17.0 Å². The molecular formula is C20H31NO6S. The molecule has 0 unspecified atom stereocenters. The van der Waals surface area contributed by atoms with Crippen molar-refractivity contribution in [1.29, 1.82) is 0 Å². The zero-order valence-corrected chi connectivity index (χ0v) is 18.0. The summed E-state index contributed by atoms with van der Waals surface area (Å²) in [6.07, 6.45) is 1.55. The Hall–Kier alpha value is -1.64. The third kappa shape index (κ3) is 7.41. The van der Waals surface area contributed by atoms with Gasteiger partial charge in [-0.15, -0.1) is 0 Å². The minimum atomic E-state index is -3.77. The van der Waals surface area contributed by atoms with Gasteiger partial charge in [0.2, 0.25) is 0 Å². The molecule has 1 aliphatic heterocycles. The van der Waals surface area contributed by atoms with Gasteiger partial charge in [0.25, 0.3) is 10.1 Å². The molecule has 2 rings (SSSR count). The van der Waals surface area contributed by atoms with Gasteiger partial charge in [0.15, 0.2) is 0 Å². The fraction of sp³-hybridized carbons (Fsp3) is 0.650. The molecule has 0 bridgehead atoms. The second-order valence-corrected chi connectivity index (χ2v) is 9.71. The number of piperidine rings is 1. The van der Waals surface area contributed by atoms with Gasteiger partial charge in [-0.05, 0) is 52.7 Å². The number of rotatable bonds is 7. The molecule has 0 aliphatic carbocycles. The van der Waals surface area contributed by atoms with Gasteiger partial charge in [-0.2, -0.15) is 8.42 Å². The van der Waals surface area contributed by atoms with Crippen LogP contribution in [0.15, 0.2) is 29.2 Å². The molecule has 1 atom stereocenters. The molecule has 8 heteroatoms. The van der Waals surface area contributed by atoms with Crippen LogP contribution in [0.3, 0.4) is 0 Å². The summed E-state index contributed by atoms with van der Waals surface area (Å²) >= 11 is 0. The number of hydrogen-bond donors (Lipinski definition) is 0. The minimum absolute atomic E-state index is 0.0429. The normalized spacial score (nSPS) is 18.1. The van der Waals surface area contributed by atoms with Gasteiger partial charge in [-0.25, -0.2) is 4.79 Å². The van der Waals surface area contributed by atoms with E-state index in [4.69, 9.17) is 13.7 Å². The topological polar surface area (TPSA) is 82.1 Å². The Kier molecular flexibility index (Phi) is 7.86. The summed E-state index contributed by atoms with van der Waals surface area (Å²) in [5, 5.41) is 0. The van der Waals surface area contributed by atoms with Crippen molar-refractivity contribution in [2.75, 3.05) is 32.9 Å². The average Bonchev–Trinajstić information content (AvgIpc) is 2.60. The molecule has 1 heterocycles. The Labute approximate surface area is 168 Å². The highest BCUT2D eigenvalue weighted by atomic mass is 32.2. The van der Waals surface area contributed by atoms with Crippen LogP contribution < -0.4 is 0 Å². The van der Waals surface area contributed by atoms with Crippen LogP contribution in [0.25, 0.3) is 0 Å². The lowest BCUT2D eigenvalue weighted by Gasteiger charge is -2.34. The summed E-state index contributed by atoms with van der Waals surface area (Å²) in [5.74, 6) is 0.204. The number of carbonyl (C=O) groups excluding carboxylic acids is 1. The molecule has 0 radical (unpaired) electrons. The molecule has 0 spiro atoms. The van der Waals surface area contributed by atoms with Crippen molar-refractivity contribution in [2.24, 2.45) is 5.92 Å². The van der Waals surface area contributed by atoms with Crippen LogP contribution in [0.1, 0.15) is 39.2 Å². The Morgan fingerprint density at radius 3 is 2.50 bits per heavy atom. The van der Waals surface area contributed by atoms with E-state index in [0.717, 1.165) is 18.4 Å². The standard InChI is InChI=1S/C20H31NO6S/c1-16-7-9-18(10-8-16)28(23,24)26-13-12-25-15-17-6-5-11-21(14-17)19(22)27-20(2,3)4/h7-10,17H,5-6,11-15H2,1-4H3/t17-/m0/s1. The first-order valence-electron chi connectivity index (χ1n) is 9.58. The number of hydrogen-bond acceptors (Lipinski definition) is 6. The maximum Gasteiger partial charge on any atom is 0.410 e. The van der Waals surface area contributed by atoms with E-state index in [9.17, 15) is 13.2 Å². The molecule has 28 heavy (non-hydrogen) atoms. The number of carbonyl (C=O) groups is 1. The van der Waals surface area contributed by atoms with Gasteiger partial charge in [-0.3, -0.25) is 4.18 Å². The fourth-order valence-corrected chi connectivity index (χ4v) is 3.81. The summed E-state index contributed by atoms with van der Waals surface area (Å²) in [5.41, 5.74) is 0.469. The summed E-state index contributed by atoms with van der Waals surface area (Å²) in [7, 11) is -3.77. The lowest BCUT2D eigenvalue weighted by Crippen LogP contribution is -2.43. The summed E-state index contributed by atoms with van der Waals surface area (Å²) in [6, 6.07) is 6.51. The summed E-state index contributed by atoms with van der Waals surface area (Å²) in [4.78, 5) is 14.0. The maximum atomic E-state index is 12.2. The van der Waals surface area contributed by atoms with Crippen LogP contribution in [-0.2, 0) is 23.8 Å². The first-order chi connectivity index (χ1) is 13.1. The highest BCUT2D eigenvalue weighted by Crippen LogP contribution is 2.20. The fourth-order valence-electron chi connectivity index (χ4n) is 2.92. The molecule has 0 saturated carbocycles. The van der Waals surface area contributed by atoms with E-state index < -0.39 is 15.7 Å². The molecule has 0 aromatic heterocycles. The minimum Gasteiger partial charge on any atom is -0.444 e. The number of likely N-dealkylation sites (tertiary alicyclic amines) is 1. The number of benzene rings is 1. The second kappa shape index (κ2) is 9.71. The lowest BCUT2D eigenvalue weighted by molar-refractivity contribution is 0.00548. The van der Waals surface area contributed by atoms with Gasteiger partial charge in [-0.1, -0.05) is 17.7 Å². The molecule has 1 aromatic rings. The van der Waals surface area contributed by atoms with E-state index in [0.29, 0.717) is 19.7 Å². The predicted molar refractivity (Wildman–Crippen MR) is 106 cm³/mol. The van der Waals surface area contributed by atoms with Gasteiger partial charge in [0, 0.05) is 19.0 Å². The monoisotopic (exact) mass is 413 g/mol. The van der Waals surface area contributed by atoms with E-state index in [-0.39, 0.29) is 30.1 Å². The van der Waals surface area contributed by atoms with Crippen LogP contribution in [0.2, 0.25) is 0 Å². The molecular weight excluding hydrogens is 382 g/mol. The molecule has 158 valence electrons. The Morgan fingerprint density at radius 1 is 1.18 bits per heavy atom. The number of amides is 1. The van der Waals surface area contributed by atoms with Gasteiger partial charge in [0.05, 0.1) is 24.7 Å². The number of ether oxygens (including phenoxy) is 2. The van der Waals surface area contributed by atoms with Crippen LogP contribution in [0.4, 0.5) is 4.79 Å². The SMILES string of the molecule is Cc1ccc(S(=O)(=O)OCCOC[C@H]2CCCN(C(=O)OC(C)(C)C)C2)cc1. The van der Waals surface area contributed by atoms with Gasteiger partial charge >= 0.3 is 6.09 Å². The second-order valence-electron chi connectivity index (χ2n) is 8.10. The van der Waals surface area contributed by atoms with E-state index >= 15 is 0 Å². The number of aryl methyl sites for hydroxylation is 1. The van der Waals surface area contributed by atoms with Crippen molar-refractivity contribution in [2.45, 2.75) is 51.0 Å². The largest absolute Gasteiger partial charge is 0.444 e. The molecule has 1 saturated heterocycles. The Morgan fingerprint density at radius 2 is 1.86 bits per heavy atom. The van der Waals surface area contributed by atoms with Crippen molar-refractivity contribution in [1.82, 2.24) is 4.90 Å². The molecule has 7 nitrogen and oxygen atoms in total. The van der Waals surface area contributed by atoms with Crippen molar-refractivity contribution in [3.63, 3.8) is 0 Å². The summed E-state index contributed by atoms with van der Waals surface area (Å²) < 4.78 is 40.2. The molecule has 1 aromatic carbocycles. The highest BCUT2D eigenvalue weighted by molar-refractivity contribution is 7.86. The molecule has 1 amide bonds. The smallest absolute Gasteiger partial charge is 0.410 e. The highest BCUT2D eigenvalue weighted by Gasteiger charge is 2.27. The van der Waals surface area contributed by atoms with Crippen molar-refractivity contribution >= 4 is 16.2 Å². The maximum absolute atomic E-state index is 12.2. The van der Waals surface area contributed by atoms with Crippen LogP contribution in [0, 0.1) is 12.8 Å². The summed E-state index contributed by atoms with van der Waals surface area (Å²) in [6.45, 7) is 9.28. The van der Waals surface area contributed by atoms with E-state index in [1.165, 1.54) is 12.1 Å². The first-order valence-corrected chi connectivity index (χ1v) is 11.0. The van der Waals surface area contributed by atoms with Crippen molar-refractivity contribution < 1.29 is 26.9 Å². The van der Waals surface area contributed by atoms with E-state index in [1.807, 2.05) is 27.7 Å².